The lowest BCUT2D eigenvalue weighted by molar-refractivity contribution is 0.365. The first kappa shape index (κ1) is 9.11. The van der Waals surface area contributed by atoms with Gasteiger partial charge in [0, 0.05) is 17.2 Å². The predicted molar refractivity (Wildman–Crippen MR) is 77.6 cm³/mol. The van der Waals surface area contributed by atoms with Gasteiger partial charge in [-0.2, -0.15) is 4.98 Å². The average Bonchev–Trinajstić information content (AvgIpc) is 2.94. The molecule has 0 spiro atoms. The highest BCUT2D eigenvalue weighted by molar-refractivity contribution is 5.84. The first-order chi connectivity index (χ1) is 11.8. The zero-order valence-electron chi connectivity index (χ0n) is 15.3. The second-order valence-electron chi connectivity index (χ2n) is 3.98. The molecule has 0 saturated heterocycles. The van der Waals surface area contributed by atoms with Crippen molar-refractivity contribution < 1.29 is 15.0 Å². The Labute approximate surface area is 126 Å². The number of aromatic nitrogens is 5. The number of ether oxygens (including phenoxy) is 2. The molecule has 0 atom stereocenters. The van der Waals surface area contributed by atoms with E-state index in [-0.39, 0.29) is 28.7 Å². The summed E-state index contributed by atoms with van der Waals surface area (Å²) in [5.74, 6) is 0.673. The Bertz CT molecular complexity index is 927. The third-order valence-corrected chi connectivity index (χ3v) is 2.83. The maximum atomic E-state index is 7.82. The normalized spacial score (nSPS) is 14.0. The lowest BCUT2D eigenvalue weighted by Gasteiger charge is -2.09. The lowest BCUT2D eigenvalue weighted by atomic mass is 10.2. The molecule has 8 heteroatoms. The Morgan fingerprint density at radius 3 is 2.90 bits per heavy atom. The zero-order chi connectivity index (χ0) is 18.2. The number of nitrogens with zero attached hydrogens (tertiary/aromatic N) is 4. The van der Waals surface area contributed by atoms with Crippen molar-refractivity contribution in [1.82, 2.24) is 24.9 Å². The van der Waals surface area contributed by atoms with Crippen molar-refractivity contribution in [2.24, 2.45) is 0 Å². The minimum Gasteiger partial charge on any atom is -0.481 e. The van der Waals surface area contributed by atoms with E-state index >= 15 is 0 Å². The molecule has 0 amide bonds. The van der Waals surface area contributed by atoms with Gasteiger partial charge >= 0.3 is 0 Å². The maximum absolute atomic E-state index is 7.82. The monoisotopic (exact) mass is 290 g/mol. The number of anilines is 1. The smallest absolute Gasteiger partial charge is 0.227 e. The number of H-pyrrole nitrogens is 1. The van der Waals surface area contributed by atoms with Gasteiger partial charge in [0.2, 0.25) is 11.8 Å². The molecular formula is C13H14N6O2. The molecule has 0 fully saturated rings. The minimum absolute atomic E-state index is 0.0103. The molecule has 0 aromatic carbocycles. The summed E-state index contributed by atoms with van der Waals surface area (Å²) in [6, 6.07) is 3.23. The summed E-state index contributed by atoms with van der Waals surface area (Å²) < 4.78 is 40.3. The van der Waals surface area contributed by atoms with Gasteiger partial charge in [0.1, 0.15) is 5.52 Å². The van der Waals surface area contributed by atoms with Gasteiger partial charge < -0.3 is 19.8 Å². The number of nitrogens with one attached hydrogen (secondary N) is 2. The van der Waals surface area contributed by atoms with Crippen LogP contribution in [0.1, 0.15) is 4.11 Å². The van der Waals surface area contributed by atoms with Crippen LogP contribution in [0.25, 0.3) is 22.6 Å². The second kappa shape index (κ2) is 5.23. The average molecular weight is 290 g/mol. The summed E-state index contributed by atoms with van der Waals surface area (Å²) in [5.41, 5.74) is 0.741. The quantitative estimate of drug-likeness (QED) is 0.750. The first-order valence-electron chi connectivity index (χ1n) is 7.89. The van der Waals surface area contributed by atoms with E-state index in [0.29, 0.717) is 11.4 Å². The number of methoxy groups -OCH3 is 2. The van der Waals surface area contributed by atoms with Crippen molar-refractivity contribution in [1.29, 1.82) is 0 Å². The van der Waals surface area contributed by atoms with E-state index in [2.05, 4.69) is 25.3 Å². The van der Waals surface area contributed by atoms with Crippen LogP contribution in [0.2, 0.25) is 1.41 Å². The molecule has 3 aromatic rings. The SMILES string of the molecule is [2H]n1cnc2c(NC([2H])([2H])[2H])nc(-c3ccc(OC)nc3OC)nc21. The van der Waals surface area contributed by atoms with Crippen LogP contribution in [-0.2, 0) is 0 Å². The summed E-state index contributed by atoms with van der Waals surface area (Å²) in [6.45, 7) is -2.48. The van der Waals surface area contributed by atoms with Gasteiger partial charge in [-0.05, 0) is 6.07 Å². The van der Waals surface area contributed by atoms with Crippen molar-refractivity contribution in [3.8, 4) is 23.1 Å². The van der Waals surface area contributed by atoms with Crippen LogP contribution in [0.3, 0.4) is 0 Å². The van der Waals surface area contributed by atoms with Gasteiger partial charge in [0.05, 0.1) is 26.1 Å². The number of hydrogen-bond donors (Lipinski definition) is 2. The topological polar surface area (TPSA) is 97.8 Å². The standard InChI is InChI=1S/C13H14N6O2/c1-14-11-9-12(16-6-15-9)19-10(18-11)7-4-5-8(20-2)17-13(7)21-3/h4-6H,1-3H3,(H2,14,15,16,18,19)/i1D3/hD. The van der Waals surface area contributed by atoms with E-state index in [1.54, 1.807) is 12.1 Å². The molecule has 3 aromatic heterocycles. The van der Waals surface area contributed by atoms with Gasteiger partial charge in [-0.15, -0.1) is 0 Å². The van der Waals surface area contributed by atoms with Crippen LogP contribution in [0.4, 0.5) is 5.82 Å². The van der Waals surface area contributed by atoms with Crippen LogP contribution in [0.5, 0.6) is 11.8 Å². The van der Waals surface area contributed by atoms with E-state index in [1.807, 2.05) is 0 Å². The molecule has 0 aliphatic heterocycles. The third-order valence-electron chi connectivity index (χ3n) is 2.83. The number of hydrogen-bond acceptors (Lipinski definition) is 7. The number of aromatic amines is 1. The molecule has 2 N–H and O–H groups in total. The summed E-state index contributed by atoms with van der Waals surface area (Å²) in [6.07, 6.45) is 1.21. The molecule has 0 aliphatic rings. The van der Waals surface area contributed by atoms with Gasteiger partial charge in [-0.1, -0.05) is 0 Å². The van der Waals surface area contributed by atoms with Gasteiger partial charge in [-0.3, -0.25) is 0 Å². The number of fused-ring (bicyclic) bond motifs is 1. The fraction of sp³-hybridized carbons (Fsp3) is 0.231. The highest BCUT2D eigenvalue weighted by Gasteiger charge is 2.15. The Morgan fingerprint density at radius 1 is 1.24 bits per heavy atom. The maximum Gasteiger partial charge on any atom is 0.227 e. The lowest BCUT2D eigenvalue weighted by Crippen LogP contribution is -2.01. The van der Waals surface area contributed by atoms with Crippen molar-refractivity contribution in [3.63, 3.8) is 0 Å². The Balaban J connectivity index is 2.21. The summed E-state index contributed by atoms with van der Waals surface area (Å²) in [4.78, 5) is 17.6. The Hall–Kier alpha value is -2.90. The van der Waals surface area contributed by atoms with Crippen LogP contribution in [0.15, 0.2) is 18.5 Å². The number of pyridine rings is 1. The molecule has 3 heterocycles. The summed E-state index contributed by atoms with van der Waals surface area (Å²) in [5, 5.41) is 2.31. The molecule has 0 saturated carbocycles. The third kappa shape index (κ3) is 2.20. The fourth-order valence-electron chi connectivity index (χ4n) is 1.86. The number of rotatable bonds is 4. The van der Waals surface area contributed by atoms with Crippen molar-refractivity contribution in [2.75, 3.05) is 26.5 Å². The molecule has 8 nitrogen and oxygen atoms in total. The van der Waals surface area contributed by atoms with Gasteiger partial charge in [0.25, 0.3) is 0 Å². The molecular weight excluding hydrogens is 272 g/mol. The molecule has 0 radical (unpaired) electrons. The largest absolute Gasteiger partial charge is 0.481 e. The van der Waals surface area contributed by atoms with Crippen molar-refractivity contribution >= 4 is 17.0 Å². The molecule has 0 unspecified atom stereocenters. The van der Waals surface area contributed by atoms with E-state index in [1.165, 1.54) is 20.5 Å². The summed E-state index contributed by atoms with van der Waals surface area (Å²) >= 11 is 0. The van der Waals surface area contributed by atoms with Gasteiger partial charge in [0.15, 0.2) is 18.7 Å². The molecule has 0 aliphatic carbocycles. The van der Waals surface area contributed by atoms with E-state index in [9.17, 15) is 0 Å². The molecule has 108 valence electrons. The molecule has 3 rings (SSSR count). The van der Waals surface area contributed by atoms with E-state index < -0.39 is 6.98 Å². The predicted octanol–water partition coefficient (Wildman–Crippen LogP) is 1.47. The zero-order valence-corrected chi connectivity index (χ0v) is 11.3. The molecule has 21 heavy (non-hydrogen) atoms. The van der Waals surface area contributed by atoms with Crippen LogP contribution in [-0.4, -0.2) is 46.1 Å². The van der Waals surface area contributed by atoms with Crippen LogP contribution in [0, 0.1) is 0 Å². The minimum atomic E-state index is -2.48. The second-order valence-corrected chi connectivity index (χ2v) is 3.98. The Kier molecular flexibility index (Phi) is 2.27. The van der Waals surface area contributed by atoms with E-state index in [0.717, 1.165) is 4.98 Å². The van der Waals surface area contributed by atoms with Crippen molar-refractivity contribution in [3.05, 3.63) is 18.5 Å². The van der Waals surface area contributed by atoms with Crippen LogP contribution >= 0.6 is 0 Å². The fourth-order valence-corrected chi connectivity index (χ4v) is 1.86. The van der Waals surface area contributed by atoms with E-state index in [4.69, 9.17) is 15.0 Å². The Morgan fingerprint density at radius 2 is 2.14 bits per heavy atom. The highest BCUT2D eigenvalue weighted by atomic mass is 16.5. The van der Waals surface area contributed by atoms with Crippen LogP contribution < -0.4 is 14.8 Å². The highest BCUT2D eigenvalue weighted by Crippen LogP contribution is 2.30. The summed E-state index contributed by atoms with van der Waals surface area (Å²) in [7, 11) is 2.90. The van der Waals surface area contributed by atoms with Gasteiger partial charge in [-0.25, -0.2) is 15.0 Å². The molecule has 0 bridgehead atoms. The first-order valence-corrected chi connectivity index (χ1v) is 5.94. The number of imidazole rings is 1. The van der Waals surface area contributed by atoms with Crippen molar-refractivity contribution in [2.45, 2.75) is 0 Å².